The Morgan fingerprint density at radius 2 is 1.87 bits per heavy atom. The Morgan fingerprint density at radius 1 is 1.10 bits per heavy atom. The van der Waals surface area contributed by atoms with E-state index in [0.29, 0.717) is 56.4 Å². The minimum absolute atomic E-state index is 0.275. The molecule has 0 radical (unpaired) electrons. The van der Waals surface area contributed by atoms with Gasteiger partial charge in [0.05, 0.1) is 26.8 Å². The summed E-state index contributed by atoms with van der Waals surface area (Å²) in [4.78, 5) is 9.06. The molecule has 0 bridgehead atoms. The number of nitrogens with two attached hydrogens (primary N) is 1. The number of benzene rings is 2. The van der Waals surface area contributed by atoms with Crippen molar-refractivity contribution in [2.75, 3.05) is 17.6 Å². The molecule has 0 fully saturated rings. The highest BCUT2D eigenvalue weighted by atomic mass is 35.5. The molecule has 2 aromatic carbocycles. The minimum Gasteiger partial charge on any atom is -0.383 e. The fourth-order valence-electron chi connectivity index (χ4n) is 3.05. The van der Waals surface area contributed by atoms with Crippen molar-refractivity contribution in [1.82, 2.24) is 19.7 Å². The molecular formula is C21H19Cl2FN6. The van der Waals surface area contributed by atoms with Gasteiger partial charge < -0.3 is 11.1 Å². The number of hydrogen-bond donors (Lipinski definition) is 2. The molecule has 30 heavy (non-hydrogen) atoms. The quantitative estimate of drug-likeness (QED) is 0.419. The van der Waals surface area contributed by atoms with Crippen molar-refractivity contribution in [2.24, 2.45) is 5.92 Å². The van der Waals surface area contributed by atoms with Crippen LogP contribution in [0.5, 0.6) is 0 Å². The summed E-state index contributed by atoms with van der Waals surface area (Å²) in [5.41, 5.74) is 8.06. The monoisotopic (exact) mass is 444 g/mol. The standard InChI is InChI=1S/C21H19Cl2FN6/c1-11(2)10-26-21-27-18(13-5-3-4-6-16(13)24)17-19(25)30(29-20(17)28-21)12-7-8-14(22)15(23)9-12/h3-9,11H,10,25H2,1-2H3,(H,26,28,29). The second-order valence-corrected chi connectivity index (χ2v) is 8.06. The summed E-state index contributed by atoms with van der Waals surface area (Å²) in [5.74, 6) is 0.597. The number of halogens is 3. The summed E-state index contributed by atoms with van der Waals surface area (Å²) in [6.45, 7) is 4.80. The van der Waals surface area contributed by atoms with Crippen molar-refractivity contribution in [3.05, 3.63) is 58.3 Å². The maximum Gasteiger partial charge on any atom is 0.225 e. The van der Waals surface area contributed by atoms with Crippen molar-refractivity contribution in [1.29, 1.82) is 0 Å². The maximum atomic E-state index is 14.6. The van der Waals surface area contributed by atoms with E-state index in [0.717, 1.165) is 0 Å². The Labute approximate surface area is 182 Å². The summed E-state index contributed by atoms with van der Waals surface area (Å²) in [5, 5.41) is 8.96. The predicted molar refractivity (Wildman–Crippen MR) is 120 cm³/mol. The SMILES string of the molecule is CC(C)CNc1nc(-c2ccccc2F)c2c(N)n(-c3ccc(Cl)c(Cl)c3)nc2n1. The van der Waals surface area contributed by atoms with E-state index in [2.05, 4.69) is 34.2 Å². The molecule has 4 rings (SSSR count). The molecule has 2 aromatic heterocycles. The van der Waals surface area contributed by atoms with Crippen LogP contribution in [0.25, 0.3) is 28.0 Å². The van der Waals surface area contributed by atoms with Crippen molar-refractivity contribution in [3.8, 4) is 16.9 Å². The fourth-order valence-corrected chi connectivity index (χ4v) is 3.34. The number of fused-ring (bicyclic) bond motifs is 1. The smallest absolute Gasteiger partial charge is 0.225 e. The number of rotatable bonds is 5. The molecule has 0 saturated heterocycles. The minimum atomic E-state index is -0.408. The molecule has 0 aliphatic rings. The molecule has 0 spiro atoms. The number of anilines is 2. The van der Waals surface area contributed by atoms with Gasteiger partial charge >= 0.3 is 0 Å². The zero-order valence-electron chi connectivity index (χ0n) is 16.3. The molecule has 4 aromatic rings. The topological polar surface area (TPSA) is 81.6 Å². The number of hydrogen-bond acceptors (Lipinski definition) is 5. The third kappa shape index (κ3) is 3.78. The van der Waals surface area contributed by atoms with Crippen molar-refractivity contribution >= 4 is 46.0 Å². The molecule has 2 heterocycles. The molecule has 0 unspecified atom stereocenters. The van der Waals surface area contributed by atoms with Gasteiger partial charge in [-0.2, -0.15) is 4.98 Å². The van der Waals surface area contributed by atoms with Crippen LogP contribution in [-0.4, -0.2) is 26.3 Å². The number of aromatic nitrogens is 4. The zero-order chi connectivity index (χ0) is 21.4. The zero-order valence-corrected chi connectivity index (χ0v) is 17.8. The first kappa shape index (κ1) is 20.4. The predicted octanol–water partition coefficient (Wildman–Crippen LogP) is 5.58. The Bertz CT molecular complexity index is 1240. The molecule has 0 aliphatic heterocycles. The molecule has 0 atom stereocenters. The normalized spacial score (nSPS) is 11.4. The van der Waals surface area contributed by atoms with E-state index in [1.807, 2.05) is 0 Å². The Kier molecular flexibility index (Phi) is 5.49. The van der Waals surface area contributed by atoms with Crippen LogP contribution >= 0.6 is 23.2 Å². The highest BCUT2D eigenvalue weighted by Crippen LogP contribution is 2.35. The molecule has 3 N–H and O–H groups in total. The van der Waals surface area contributed by atoms with Crippen LogP contribution in [0, 0.1) is 11.7 Å². The maximum absolute atomic E-state index is 14.6. The van der Waals surface area contributed by atoms with Gasteiger partial charge in [-0.05, 0) is 36.2 Å². The summed E-state index contributed by atoms with van der Waals surface area (Å²) in [6, 6.07) is 11.4. The lowest BCUT2D eigenvalue weighted by Gasteiger charge is -2.10. The van der Waals surface area contributed by atoms with Gasteiger partial charge in [-0.25, -0.2) is 14.1 Å². The molecule has 0 saturated carbocycles. The van der Waals surface area contributed by atoms with Gasteiger partial charge in [0.2, 0.25) is 5.95 Å². The van der Waals surface area contributed by atoms with E-state index < -0.39 is 5.82 Å². The van der Waals surface area contributed by atoms with Crippen LogP contribution in [-0.2, 0) is 0 Å². The first-order chi connectivity index (χ1) is 14.3. The largest absolute Gasteiger partial charge is 0.383 e. The van der Waals surface area contributed by atoms with Crippen molar-refractivity contribution in [2.45, 2.75) is 13.8 Å². The van der Waals surface area contributed by atoms with Gasteiger partial charge in [-0.15, -0.1) is 5.10 Å². The Hall–Kier alpha value is -2.90. The molecule has 0 amide bonds. The summed E-state index contributed by atoms with van der Waals surface area (Å²) in [7, 11) is 0. The highest BCUT2D eigenvalue weighted by Gasteiger charge is 2.21. The third-order valence-corrected chi connectivity index (χ3v) is 5.25. The van der Waals surface area contributed by atoms with Gasteiger partial charge in [0.25, 0.3) is 0 Å². The average molecular weight is 445 g/mol. The highest BCUT2D eigenvalue weighted by molar-refractivity contribution is 6.42. The molecule has 0 aliphatic carbocycles. The van der Waals surface area contributed by atoms with Crippen LogP contribution in [0.4, 0.5) is 16.2 Å². The number of nitrogens with zero attached hydrogens (tertiary/aromatic N) is 4. The fraction of sp³-hybridized carbons (Fsp3) is 0.190. The van der Waals surface area contributed by atoms with Gasteiger partial charge in [0.1, 0.15) is 11.6 Å². The van der Waals surface area contributed by atoms with Gasteiger partial charge in [0.15, 0.2) is 5.65 Å². The summed E-state index contributed by atoms with van der Waals surface area (Å²) >= 11 is 12.2. The van der Waals surface area contributed by atoms with E-state index in [1.54, 1.807) is 36.4 Å². The first-order valence-electron chi connectivity index (χ1n) is 9.35. The van der Waals surface area contributed by atoms with Crippen LogP contribution in [0.15, 0.2) is 42.5 Å². The first-order valence-corrected chi connectivity index (χ1v) is 10.1. The van der Waals surface area contributed by atoms with Crippen LogP contribution in [0.2, 0.25) is 10.0 Å². The second-order valence-electron chi connectivity index (χ2n) is 7.24. The van der Waals surface area contributed by atoms with E-state index in [9.17, 15) is 4.39 Å². The average Bonchev–Trinajstić information content (AvgIpc) is 3.05. The lowest BCUT2D eigenvalue weighted by Crippen LogP contribution is -2.11. The van der Waals surface area contributed by atoms with Crippen LogP contribution in [0.3, 0.4) is 0 Å². The van der Waals surface area contributed by atoms with E-state index in [4.69, 9.17) is 28.9 Å². The molecule has 9 heteroatoms. The molecule has 154 valence electrons. The lowest BCUT2D eigenvalue weighted by atomic mass is 10.1. The van der Waals surface area contributed by atoms with Crippen molar-refractivity contribution < 1.29 is 4.39 Å². The van der Waals surface area contributed by atoms with E-state index in [1.165, 1.54) is 10.7 Å². The van der Waals surface area contributed by atoms with Gasteiger partial charge in [0, 0.05) is 12.1 Å². The molecule has 6 nitrogen and oxygen atoms in total. The van der Waals surface area contributed by atoms with E-state index in [-0.39, 0.29) is 5.82 Å². The van der Waals surface area contributed by atoms with Crippen LogP contribution in [0.1, 0.15) is 13.8 Å². The number of nitrogens with one attached hydrogen (secondary N) is 1. The number of nitrogen functional groups attached to an aromatic ring is 1. The second kappa shape index (κ2) is 8.08. The van der Waals surface area contributed by atoms with Gasteiger partial charge in [-0.3, -0.25) is 0 Å². The summed E-state index contributed by atoms with van der Waals surface area (Å²) in [6.07, 6.45) is 0. The Morgan fingerprint density at radius 3 is 2.57 bits per heavy atom. The Balaban J connectivity index is 1.96. The van der Waals surface area contributed by atoms with Gasteiger partial charge in [-0.1, -0.05) is 49.2 Å². The van der Waals surface area contributed by atoms with Crippen LogP contribution < -0.4 is 11.1 Å². The third-order valence-electron chi connectivity index (χ3n) is 4.51. The summed E-state index contributed by atoms with van der Waals surface area (Å²) < 4.78 is 16.1. The van der Waals surface area contributed by atoms with Crippen molar-refractivity contribution in [3.63, 3.8) is 0 Å². The van der Waals surface area contributed by atoms with E-state index >= 15 is 0 Å². The lowest BCUT2D eigenvalue weighted by molar-refractivity contribution is 0.631. The molecular weight excluding hydrogens is 426 g/mol.